The monoisotopic (exact) mass is 391 g/mol. The molecule has 146 valence electrons. The Morgan fingerprint density at radius 2 is 2.11 bits per heavy atom. The van der Waals surface area contributed by atoms with Crippen LogP contribution in [0.15, 0.2) is 27.8 Å². The molecule has 0 saturated carbocycles. The summed E-state index contributed by atoms with van der Waals surface area (Å²) in [6.45, 7) is 7.74. The van der Waals surface area contributed by atoms with Gasteiger partial charge in [0.05, 0.1) is 24.3 Å². The lowest BCUT2D eigenvalue weighted by molar-refractivity contribution is -0.119. The lowest BCUT2D eigenvalue weighted by Crippen LogP contribution is -2.33. The number of furan rings is 1. The van der Waals surface area contributed by atoms with E-state index in [2.05, 4.69) is 22.2 Å². The van der Waals surface area contributed by atoms with Crippen LogP contribution in [0.1, 0.15) is 49.7 Å². The van der Waals surface area contributed by atoms with Gasteiger partial charge in [0, 0.05) is 6.04 Å². The lowest BCUT2D eigenvalue weighted by Gasteiger charge is -2.14. The first-order valence-corrected chi connectivity index (χ1v) is 9.96. The van der Waals surface area contributed by atoms with Crippen LogP contribution in [0.25, 0.3) is 11.6 Å². The highest BCUT2D eigenvalue weighted by molar-refractivity contribution is 8.00. The SMILES string of the molecule is CCCC(C)NC(=O)CSc1nc(-c2ccco2)nc(C)c1C(=O)OCC. The van der Waals surface area contributed by atoms with Gasteiger partial charge < -0.3 is 14.5 Å². The number of rotatable bonds is 9. The number of carbonyl (C=O) groups is 2. The summed E-state index contributed by atoms with van der Waals surface area (Å²) in [5, 5.41) is 3.35. The predicted molar refractivity (Wildman–Crippen MR) is 104 cm³/mol. The molecule has 27 heavy (non-hydrogen) atoms. The maximum absolute atomic E-state index is 12.4. The van der Waals surface area contributed by atoms with E-state index < -0.39 is 5.97 Å². The van der Waals surface area contributed by atoms with Crippen molar-refractivity contribution < 1.29 is 18.7 Å². The summed E-state index contributed by atoms with van der Waals surface area (Å²) in [6, 6.07) is 3.59. The highest BCUT2D eigenvalue weighted by atomic mass is 32.2. The number of carbonyl (C=O) groups excluding carboxylic acids is 2. The Kier molecular flexibility index (Phi) is 7.84. The van der Waals surface area contributed by atoms with Gasteiger partial charge in [-0.3, -0.25) is 4.79 Å². The Bertz CT molecular complexity index is 778. The van der Waals surface area contributed by atoms with Gasteiger partial charge in [0.1, 0.15) is 10.6 Å². The molecule has 0 aliphatic carbocycles. The number of hydrogen-bond donors (Lipinski definition) is 1. The average Bonchev–Trinajstić information content (AvgIpc) is 3.14. The minimum absolute atomic E-state index is 0.105. The number of ether oxygens (including phenoxy) is 1. The van der Waals surface area contributed by atoms with Gasteiger partial charge in [-0.25, -0.2) is 14.8 Å². The van der Waals surface area contributed by atoms with E-state index >= 15 is 0 Å². The van der Waals surface area contributed by atoms with Crippen LogP contribution in [0.3, 0.4) is 0 Å². The third-order valence-electron chi connectivity index (χ3n) is 3.75. The number of hydrogen-bond acceptors (Lipinski definition) is 7. The molecular weight excluding hydrogens is 366 g/mol. The summed E-state index contributed by atoms with van der Waals surface area (Å²) < 4.78 is 10.5. The van der Waals surface area contributed by atoms with Crippen molar-refractivity contribution in [3.05, 3.63) is 29.7 Å². The van der Waals surface area contributed by atoms with E-state index in [0.29, 0.717) is 22.3 Å². The van der Waals surface area contributed by atoms with Gasteiger partial charge >= 0.3 is 5.97 Å². The third kappa shape index (κ3) is 5.82. The van der Waals surface area contributed by atoms with Crippen molar-refractivity contribution in [3.63, 3.8) is 0 Å². The topological polar surface area (TPSA) is 94.3 Å². The van der Waals surface area contributed by atoms with E-state index in [1.807, 2.05) is 6.92 Å². The molecule has 0 aliphatic rings. The highest BCUT2D eigenvalue weighted by Gasteiger charge is 2.22. The summed E-state index contributed by atoms with van der Waals surface area (Å²) in [5.41, 5.74) is 0.767. The molecule has 0 aliphatic heterocycles. The second-order valence-electron chi connectivity index (χ2n) is 6.06. The molecule has 7 nitrogen and oxygen atoms in total. The highest BCUT2D eigenvalue weighted by Crippen LogP contribution is 2.27. The van der Waals surface area contributed by atoms with Crippen LogP contribution in [0, 0.1) is 6.92 Å². The second kappa shape index (κ2) is 10.1. The Hall–Kier alpha value is -2.35. The van der Waals surface area contributed by atoms with Crippen LogP contribution in [-0.2, 0) is 9.53 Å². The molecule has 1 N–H and O–H groups in total. The predicted octanol–water partition coefficient (Wildman–Crippen LogP) is 3.62. The minimum atomic E-state index is -0.497. The minimum Gasteiger partial charge on any atom is -0.462 e. The quantitative estimate of drug-likeness (QED) is 0.396. The number of aromatic nitrogens is 2. The van der Waals surface area contributed by atoms with Crippen LogP contribution in [-0.4, -0.2) is 40.2 Å². The van der Waals surface area contributed by atoms with Crippen molar-refractivity contribution in [1.29, 1.82) is 0 Å². The summed E-state index contributed by atoms with van der Waals surface area (Å²) in [6.07, 6.45) is 3.45. The third-order valence-corrected chi connectivity index (χ3v) is 4.72. The van der Waals surface area contributed by atoms with Gasteiger partial charge in [0.15, 0.2) is 11.6 Å². The molecule has 2 aromatic heterocycles. The zero-order valence-corrected chi connectivity index (χ0v) is 16.9. The fourth-order valence-electron chi connectivity index (χ4n) is 2.56. The summed E-state index contributed by atoms with van der Waals surface area (Å²) >= 11 is 1.19. The van der Waals surface area contributed by atoms with E-state index in [-0.39, 0.29) is 29.9 Å². The van der Waals surface area contributed by atoms with Gasteiger partial charge in [-0.15, -0.1) is 0 Å². The molecule has 1 unspecified atom stereocenters. The van der Waals surface area contributed by atoms with Crippen LogP contribution in [0.2, 0.25) is 0 Å². The Morgan fingerprint density at radius 3 is 2.74 bits per heavy atom. The van der Waals surface area contributed by atoms with E-state index in [9.17, 15) is 9.59 Å². The van der Waals surface area contributed by atoms with Gasteiger partial charge in [-0.2, -0.15) is 0 Å². The standard InChI is InChI=1S/C19H25N3O4S/c1-5-8-12(3)20-15(23)11-27-18-16(19(24)25-6-2)13(4)21-17(22-18)14-9-7-10-26-14/h7,9-10,12H,5-6,8,11H2,1-4H3,(H,20,23). The molecule has 0 radical (unpaired) electrons. The largest absolute Gasteiger partial charge is 0.462 e. The molecule has 2 rings (SSSR count). The lowest BCUT2D eigenvalue weighted by atomic mass is 10.2. The average molecular weight is 391 g/mol. The molecule has 0 saturated heterocycles. The van der Waals surface area contributed by atoms with Gasteiger partial charge in [-0.1, -0.05) is 25.1 Å². The first-order valence-electron chi connectivity index (χ1n) is 8.98. The van der Waals surface area contributed by atoms with Crippen LogP contribution < -0.4 is 5.32 Å². The Morgan fingerprint density at radius 1 is 1.33 bits per heavy atom. The van der Waals surface area contributed by atoms with E-state index in [4.69, 9.17) is 9.15 Å². The van der Waals surface area contributed by atoms with Crippen molar-refractivity contribution in [1.82, 2.24) is 15.3 Å². The van der Waals surface area contributed by atoms with E-state index in [1.54, 1.807) is 26.0 Å². The maximum Gasteiger partial charge on any atom is 0.342 e. The molecule has 0 bridgehead atoms. The molecule has 1 amide bonds. The van der Waals surface area contributed by atoms with Crippen molar-refractivity contribution >= 4 is 23.6 Å². The molecule has 8 heteroatoms. The molecular formula is C19H25N3O4S. The summed E-state index contributed by atoms with van der Waals surface area (Å²) in [4.78, 5) is 33.4. The first-order chi connectivity index (χ1) is 13.0. The molecule has 2 heterocycles. The summed E-state index contributed by atoms with van der Waals surface area (Å²) in [5.74, 6) is 0.410. The number of thioether (sulfide) groups is 1. The van der Waals surface area contributed by atoms with Crippen LogP contribution in [0.5, 0.6) is 0 Å². The van der Waals surface area contributed by atoms with Crippen molar-refractivity contribution in [2.24, 2.45) is 0 Å². The molecule has 2 aromatic rings. The maximum atomic E-state index is 12.4. The zero-order chi connectivity index (χ0) is 19.8. The van der Waals surface area contributed by atoms with Crippen molar-refractivity contribution in [3.8, 4) is 11.6 Å². The molecule has 0 fully saturated rings. The molecule has 0 aromatic carbocycles. The van der Waals surface area contributed by atoms with Gasteiger partial charge in [-0.05, 0) is 39.3 Å². The van der Waals surface area contributed by atoms with E-state index in [0.717, 1.165) is 12.8 Å². The zero-order valence-electron chi connectivity index (χ0n) is 16.1. The number of esters is 1. The van der Waals surface area contributed by atoms with Crippen LogP contribution in [0.4, 0.5) is 0 Å². The molecule has 1 atom stereocenters. The Labute approximate surface area is 163 Å². The van der Waals surface area contributed by atoms with Gasteiger partial charge in [0.2, 0.25) is 5.91 Å². The summed E-state index contributed by atoms with van der Waals surface area (Å²) in [7, 11) is 0. The molecule has 0 spiro atoms. The second-order valence-corrected chi connectivity index (χ2v) is 7.02. The fourth-order valence-corrected chi connectivity index (χ4v) is 3.44. The van der Waals surface area contributed by atoms with Crippen LogP contribution >= 0.6 is 11.8 Å². The fraction of sp³-hybridized carbons (Fsp3) is 0.474. The van der Waals surface area contributed by atoms with E-state index in [1.165, 1.54) is 18.0 Å². The number of nitrogens with zero attached hydrogens (tertiary/aromatic N) is 2. The van der Waals surface area contributed by atoms with Crippen molar-refractivity contribution in [2.75, 3.05) is 12.4 Å². The van der Waals surface area contributed by atoms with Crippen molar-refractivity contribution in [2.45, 2.75) is 51.6 Å². The van der Waals surface area contributed by atoms with Gasteiger partial charge in [0.25, 0.3) is 0 Å². The normalized spacial score (nSPS) is 11.9. The number of aryl methyl sites for hydroxylation is 1. The number of amides is 1. The first kappa shape index (κ1) is 21.0. The number of nitrogens with one attached hydrogen (secondary N) is 1. The smallest absolute Gasteiger partial charge is 0.342 e. The Balaban J connectivity index is 2.25.